The van der Waals surface area contributed by atoms with Crippen molar-refractivity contribution in [2.75, 3.05) is 5.32 Å². The first-order chi connectivity index (χ1) is 34.3. The summed E-state index contributed by atoms with van der Waals surface area (Å²) >= 11 is 0. The average Bonchev–Trinajstić information content (AvgIpc) is 4.05. The van der Waals surface area contributed by atoms with Crippen LogP contribution in [0.4, 0.5) is 11.4 Å². The van der Waals surface area contributed by atoms with Gasteiger partial charge in [0, 0.05) is 61.4 Å². The Kier molecular flexibility index (Phi) is 8.68. The maximum atomic E-state index is 6.63. The van der Waals surface area contributed by atoms with Gasteiger partial charge in [0.15, 0.2) is 12.9 Å². The molecule has 0 fully saturated rings. The summed E-state index contributed by atoms with van der Waals surface area (Å²) in [6, 6.07) is 52.8. The van der Waals surface area contributed by atoms with E-state index in [-0.39, 0.29) is 27.1 Å². The Balaban J connectivity index is 1.05. The lowest BCUT2D eigenvalue weighted by atomic mass is 9.59. The first-order valence-corrected chi connectivity index (χ1v) is 26.1. The zero-order valence-electron chi connectivity index (χ0n) is 43.6. The molecule has 4 nitrogen and oxygen atoms in total. The minimum absolute atomic E-state index is 0.0535. The maximum Gasteiger partial charge on any atom is 0.227 e. The second-order valence-electron chi connectivity index (χ2n) is 25.0. The monoisotopic (exact) mass is 934 g/mol. The highest BCUT2D eigenvalue weighted by molar-refractivity contribution is 6.73. The molecule has 1 radical (unpaired) electrons. The predicted octanol–water partition coefficient (Wildman–Crippen LogP) is 16.2. The van der Waals surface area contributed by atoms with E-state index >= 15 is 0 Å². The number of fused-ring (bicyclic) bond motifs is 13. The number of hydrogen-bond acceptors (Lipinski definition) is 3. The summed E-state index contributed by atoms with van der Waals surface area (Å²) in [5, 5.41) is 6.56. The molecule has 8 aromatic carbocycles. The van der Waals surface area contributed by atoms with Gasteiger partial charge in [-0.15, -0.1) is 0 Å². The average molecular weight is 935 g/mol. The van der Waals surface area contributed by atoms with Crippen molar-refractivity contribution in [3.05, 3.63) is 178 Å². The molecule has 353 valence electrons. The van der Waals surface area contributed by atoms with Crippen molar-refractivity contribution < 1.29 is 4.42 Å². The van der Waals surface area contributed by atoms with E-state index in [1.54, 1.807) is 0 Å². The molecule has 4 aliphatic rings. The maximum absolute atomic E-state index is 6.63. The van der Waals surface area contributed by atoms with Crippen LogP contribution in [0.25, 0.3) is 83.4 Å². The topological polar surface area (TPSA) is 43.0 Å². The lowest BCUT2D eigenvalue weighted by Gasteiger charge is -2.42. The molecule has 1 N–H and O–H groups in total. The van der Waals surface area contributed by atoms with Crippen LogP contribution in [0.2, 0.25) is 0 Å². The Hall–Kier alpha value is -7.11. The third-order valence-corrected chi connectivity index (χ3v) is 17.9. The minimum atomic E-state index is -0.202. The number of nitrogens with one attached hydrogen (secondary N) is 1. The summed E-state index contributed by atoms with van der Waals surface area (Å²) in [4.78, 5) is 5.11. The van der Waals surface area contributed by atoms with Gasteiger partial charge in [-0.1, -0.05) is 154 Å². The Morgan fingerprint density at radius 2 is 1.21 bits per heavy atom. The van der Waals surface area contributed by atoms with Gasteiger partial charge in [-0.25, -0.2) is 4.98 Å². The van der Waals surface area contributed by atoms with Crippen LogP contribution in [0, 0.1) is 0 Å². The highest BCUT2D eigenvalue weighted by Crippen LogP contribution is 2.57. The summed E-state index contributed by atoms with van der Waals surface area (Å²) in [7, 11) is 2.43. The molecule has 10 aromatic rings. The number of anilines is 2. The fourth-order valence-corrected chi connectivity index (χ4v) is 13.5. The molecule has 0 spiro atoms. The van der Waals surface area contributed by atoms with Gasteiger partial charge in [0.05, 0.1) is 5.52 Å². The van der Waals surface area contributed by atoms with Crippen molar-refractivity contribution in [3.63, 3.8) is 0 Å². The molecule has 72 heavy (non-hydrogen) atoms. The molecule has 3 aliphatic carbocycles. The number of aromatic nitrogens is 2. The third kappa shape index (κ3) is 6.03. The molecule has 0 unspecified atom stereocenters. The largest absolute Gasteiger partial charge is 0.436 e. The van der Waals surface area contributed by atoms with Crippen molar-refractivity contribution in [2.24, 2.45) is 0 Å². The fraction of sp³-hybridized carbons (Fsp3) is 0.269. The summed E-state index contributed by atoms with van der Waals surface area (Å²) in [6.07, 6.45) is 2.37. The van der Waals surface area contributed by atoms with Crippen LogP contribution in [0.5, 0.6) is 0 Å². The van der Waals surface area contributed by atoms with Crippen LogP contribution in [-0.2, 0) is 27.1 Å². The SMILES string of the molecule is CC(C)(C)c1ccc(Nc2cc3c(cc2-c2ccc4c5cc6c(cc5n5c4c2[B]c2cc4nc(-c7ccccc7)oc4cc2-5)-c2ccccc2C6(C)C)-c2cc4c(cc2C3(C)C)C(C)(C)CCC4(C)C)cc1. The summed E-state index contributed by atoms with van der Waals surface area (Å²) < 4.78 is 9.17. The van der Waals surface area contributed by atoms with Crippen LogP contribution in [0.1, 0.15) is 128 Å². The molecule has 2 aromatic heterocycles. The van der Waals surface area contributed by atoms with E-state index < -0.39 is 0 Å². The van der Waals surface area contributed by atoms with E-state index in [1.165, 1.54) is 112 Å². The van der Waals surface area contributed by atoms with Gasteiger partial charge in [0.25, 0.3) is 0 Å². The molecule has 14 rings (SSSR count). The Morgan fingerprint density at radius 3 is 1.96 bits per heavy atom. The van der Waals surface area contributed by atoms with Crippen LogP contribution in [0.3, 0.4) is 0 Å². The molecule has 1 aliphatic heterocycles. The first-order valence-electron chi connectivity index (χ1n) is 26.1. The van der Waals surface area contributed by atoms with E-state index in [2.05, 4.69) is 215 Å². The molecule has 0 atom stereocenters. The van der Waals surface area contributed by atoms with Gasteiger partial charge >= 0.3 is 0 Å². The predicted molar refractivity (Wildman–Crippen MR) is 303 cm³/mol. The molecular weight excluding hydrogens is 874 g/mol. The van der Waals surface area contributed by atoms with Gasteiger partial charge in [0.2, 0.25) is 5.89 Å². The number of benzene rings is 8. The quantitative estimate of drug-likeness (QED) is 0.179. The molecule has 0 saturated carbocycles. The van der Waals surface area contributed by atoms with E-state index in [1.807, 2.05) is 18.2 Å². The van der Waals surface area contributed by atoms with Crippen molar-refractivity contribution in [2.45, 2.75) is 116 Å². The number of nitrogens with zero attached hydrogens (tertiary/aromatic N) is 2. The molecule has 0 saturated heterocycles. The lowest BCUT2D eigenvalue weighted by Crippen LogP contribution is -2.37. The normalized spacial score (nSPS) is 17.0. The van der Waals surface area contributed by atoms with Gasteiger partial charge < -0.3 is 14.3 Å². The second-order valence-corrected chi connectivity index (χ2v) is 25.0. The zero-order chi connectivity index (χ0) is 49.6. The fourth-order valence-electron chi connectivity index (χ4n) is 13.5. The summed E-state index contributed by atoms with van der Waals surface area (Å²) in [5.41, 5.74) is 28.2. The minimum Gasteiger partial charge on any atom is -0.436 e. The van der Waals surface area contributed by atoms with Gasteiger partial charge in [-0.05, 0) is 162 Å². The van der Waals surface area contributed by atoms with Gasteiger partial charge in [0.1, 0.15) is 5.52 Å². The molecule has 0 amide bonds. The van der Waals surface area contributed by atoms with Crippen LogP contribution in [-0.4, -0.2) is 16.8 Å². The highest BCUT2D eigenvalue weighted by atomic mass is 16.3. The van der Waals surface area contributed by atoms with Gasteiger partial charge in [-0.2, -0.15) is 0 Å². The van der Waals surface area contributed by atoms with E-state index in [4.69, 9.17) is 9.40 Å². The number of hydrogen-bond donors (Lipinski definition) is 1. The lowest BCUT2D eigenvalue weighted by molar-refractivity contribution is 0.331. The summed E-state index contributed by atoms with van der Waals surface area (Å²) in [6.45, 7) is 26.3. The van der Waals surface area contributed by atoms with E-state index in [0.717, 1.165) is 39.2 Å². The highest BCUT2D eigenvalue weighted by Gasteiger charge is 2.44. The van der Waals surface area contributed by atoms with Crippen LogP contribution in [0.15, 0.2) is 144 Å². The first kappa shape index (κ1) is 43.7. The van der Waals surface area contributed by atoms with Crippen molar-refractivity contribution in [1.29, 1.82) is 0 Å². The van der Waals surface area contributed by atoms with Gasteiger partial charge in [-0.3, -0.25) is 0 Å². The zero-order valence-corrected chi connectivity index (χ0v) is 43.6. The number of rotatable bonds is 4. The summed E-state index contributed by atoms with van der Waals surface area (Å²) in [5.74, 6) is 0.631. The molecule has 0 bridgehead atoms. The molecule has 3 heterocycles. The third-order valence-electron chi connectivity index (χ3n) is 17.9. The van der Waals surface area contributed by atoms with Crippen molar-refractivity contribution in [3.8, 4) is 50.5 Å². The van der Waals surface area contributed by atoms with Crippen molar-refractivity contribution >= 4 is 62.5 Å². The molecular formula is C67H61BN3O. The van der Waals surface area contributed by atoms with Crippen LogP contribution >= 0.6 is 0 Å². The Bertz CT molecular complexity index is 4000. The standard InChI is InChI=1S/C67H61BN3O/c1-63(2,3)38-21-23-39(24-22-38)69-55-34-51-43(44-30-52-53(33-50(44)67(51,10)11)65(6,7)28-27-64(52,4)5)29-46(55)41-25-26-42-47-31-49-45(40-19-15-16-20-48(40)66(49,8)9)32-57(47)71-58-36-59-56(35-54(58)68-60(41)61(42)71)70-62(72-59)37-17-13-12-14-18-37/h12-26,29-36,69H,27-28H2,1-11H3. The number of oxazole rings is 1. The van der Waals surface area contributed by atoms with E-state index in [0.29, 0.717) is 5.89 Å². The Morgan fingerprint density at radius 1 is 0.556 bits per heavy atom. The second kappa shape index (κ2) is 14.3. The van der Waals surface area contributed by atoms with E-state index in [9.17, 15) is 0 Å². The van der Waals surface area contributed by atoms with Crippen molar-refractivity contribution in [1.82, 2.24) is 9.55 Å². The Labute approximate surface area is 424 Å². The smallest absolute Gasteiger partial charge is 0.227 e. The molecule has 5 heteroatoms. The van der Waals surface area contributed by atoms with Crippen LogP contribution < -0.4 is 16.2 Å².